The number of benzene rings is 1. The minimum absolute atomic E-state index is 0.387. The summed E-state index contributed by atoms with van der Waals surface area (Å²) in [7, 11) is -3.36. The Morgan fingerprint density at radius 3 is 2.43 bits per heavy atom. The molecule has 2 unspecified atom stereocenters. The molecular weight excluding hydrogens is 284 g/mol. The van der Waals surface area contributed by atoms with Crippen molar-refractivity contribution >= 4 is 10.0 Å². The largest absolute Gasteiger partial charge is 0.326 e. The summed E-state index contributed by atoms with van der Waals surface area (Å²) in [4.78, 5) is 0.403. The molecule has 0 spiro atoms. The lowest BCUT2D eigenvalue weighted by Crippen LogP contribution is -2.29. The van der Waals surface area contributed by atoms with E-state index in [1.165, 1.54) is 19.3 Å². The van der Waals surface area contributed by atoms with E-state index in [1.807, 2.05) is 6.07 Å². The second-order valence-electron chi connectivity index (χ2n) is 6.26. The van der Waals surface area contributed by atoms with Crippen LogP contribution < -0.4 is 5.73 Å². The molecule has 5 heteroatoms. The van der Waals surface area contributed by atoms with E-state index in [9.17, 15) is 8.42 Å². The summed E-state index contributed by atoms with van der Waals surface area (Å²) in [5, 5.41) is 0. The van der Waals surface area contributed by atoms with Gasteiger partial charge in [-0.2, -0.15) is 4.31 Å². The van der Waals surface area contributed by atoms with Gasteiger partial charge in [0.2, 0.25) is 10.0 Å². The average Bonchev–Trinajstić information content (AvgIpc) is 3.07. The molecule has 1 aromatic rings. The number of nitrogens with two attached hydrogens (primary N) is 1. The van der Waals surface area contributed by atoms with Gasteiger partial charge in [-0.05, 0) is 54.4 Å². The first kappa shape index (κ1) is 15.0. The van der Waals surface area contributed by atoms with Gasteiger partial charge in [0.05, 0.1) is 4.90 Å². The van der Waals surface area contributed by atoms with Crippen molar-refractivity contribution in [3.05, 3.63) is 29.3 Å². The van der Waals surface area contributed by atoms with Gasteiger partial charge in [0, 0.05) is 19.6 Å². The Bertz CT molecular complexity index is 615. The lowest BCUT2D eigenvalue weighted by molar-refractivity contribution is 0.445. The van der Waals surface area contributed by atoms with Crippen molar-refractivity contribution in [1.29, 1.82) is 0 Å². The van der Waals surface area contributed by atoms with E-state index in [0.717, 1.165) is 17.5 Å². The van der Waals surface area contributed by atoms with E-state index in [2.05, 4.69) is 6.92 Å². The summed E-state index contributed by atoms with van der Waals surface area (Å²) in [6.45, 7) is 3.84. The summed E-state index contributed by atoms with van der Waals surface area (Å²) in [5.74, 6) is 1.15. The van der Waals surface area contributed by atoms with E-state index in [1.54, 1.807) is 16.4 Å². The van der Waals surface area contributed by atoms with Crippen molar-refractivity contribution in [1.82, 2.24) is 4.31 Å². The van der Waals surface area contributed by atoms with Crippen LogP contribution in [0.4, 0.5) is 0 Å². The van der Waals surface area contributed by atoms with E-state index >= 15 is 0 Å². The van der Waals surface area contributed by atoms with Gasteiger partial charge >= 0.3 is 0 Å². The summed E-state index contributed by atoms with van der Waals surface area (Å²) < 4.78 is 27.3. The standard InChI is InChI=1S/C16H24N2O2S/c1-2-12-6-7-16(8-15(12)9-17)21(19,20)18-10-13-4-3-5-14(13)11-18/h6-8,13-14H,2-5,9-11,17H2,1H3. The minimum atomic E-state index is -3.36. The SMILES string of the molecule is CCc1ccc(S(=O)(=O)N2CC3CCCC3C2)cc1CN. The Hall–Kier alpha value is -0.910. The second kappa shape index (κ2) is 5.71. The van der Waals surface area contributed by atoms with Crippen molar-refractivity contribution in [3.8, 4) is 0 Å². The highest BCUT2D eigenvalue weighted by atomic mass is 32.2. The Balaban J connectivity index is 1.88. The first-order valence-corrected chi connectivity index (χ1v) is 9.32. The molecule has 2 fully saturated rings. The lowest BCUT2D eigenvalue weighted by Gasteiger charge is -2.18. The number of hydrogen-bond donors (Lipinski definition) is 1. The second-order valence-corrected chi connectivity index (χ2v) is 8.20. The van der Waals surface area contributed by atoms with Gasteiger partial charge in [0.15, 0.2) is 0 Å². The molecule has 0 amide bonds. The van der Waals surface area contributed by atoms with Crippen LogP contribution in [0.2, 0.25) is 0 Å². The molecule has 0 radical (unpaired) electrons. The van der Waals surface area contributed by atoms with Gasteiger partial charge in [-0.25, -0.2) is 8.42 Å². The van der Waals surface area contributed by atoms with Crippen molar-refractivity contribution in [3.63, 3.8) is 0 Å². The zero-order chi connectivity index (χ0) is 15.0. The Morgan fingerprint density at radius 2 is 1.86 bits per heavy atom. The maximum atomic E-state index is 12.8. The molecule has 21 heavy (non-hydrogen) atoms. The van der Waals surface area contributed by atoms with E-state index in [4.69, 9.17) is 5.73 Å². The lowest BCUT2D eigenvalue weighted by atomic mass is 10.0. The molecule has 3 rings (SSSR count). The topological polar surface area (TPSA) is 63.4 Å². The Morgan fingerprint density at radius 1 is 1.19 bits per heavy atom. The molecule has 0 aromatic heterocycles. The highest BCUT2D eigenvalue weighted by Gasteiger charge is 2.41. The molecule has 116 valence electrons. The molecule has 1 heterocycles. The van der Waals surface area contributed by atoms with Crippen LogP contribution in [0, 0.1) is 11.8 Å². The summed E-state index contributed by atoms with van der Waals surface area (Å²) in [6, 6.07) is 5.41. The number of hydrogen-bond acceptors (Lipinski definition) is 3. The zero-order valence-electron chi connectivity index (χ0n) is 12.6. The first-order valence-electron chi connectivity index (χ1n) is 7.88. The molecule has 1 aliphatic heterocycles. The fraction of sp³-hybridized carbons (Fsp3) is 0.625. The van der Waals surface area contributed by atoms with Crippen LogP contribution in [-0.2, 0) is 23.0 Å². The summed E-state index contributed by atoms with van der Waals surface area (Å²) >= 11 is 0. The molecule has 2 atom stereocenters. The fourth-order valence-corrected chi connectivity index (χ4v) is 5.44. The maximum absolute atomic E-state index is 12.8. The van der Waals surface area contributed by atoms with Gasteiger partial charge in [-0.15, -0.1) is 0 Å². The van der Waals surface area contributed by atoms with Crippen molar-refractivity contribution in [2.24, 2.45) is 17.6 Å². The molecule has 1 aliphatic carbocycles. The smallest absolute Gasteiger partial charge is 0.243 e. The third-order valence-corrected chi connectivity index (χ3v) is 6.94. The molecule has 4 nitrogen and oxygen atoms in total. The van der Waals surface area contributed by atoms with Crippen molar-refractivity contribution in [2.45, 2.75) is 44.0 Å². The van der Waals surface area contributed by atoms with Crippen LogP contribution in [0.5, 0.6) is 0 Å². The molecule has 1 aromatic carbocycles. The number of fused-ring (bicyclic) bond motifs is 1. The van der Waals surface area contributed by atoms with Crippen LogP contribution >= 0.6 is 0 Å². The Kier molecular flexibility index (Phi) is 4.08. The first-order chi connectivity index (χ1) is 10.1. The van der Waals surface area contributed by atoms with Gasteiger partial charge in [0.25, 0.3) is 0 Å². The quantitative estimate of drug-likeness (QED) is 0.927. The third kappa shape index (κ3) is 2.62. The van der Waals surface area contributed by atoms with Crippen LogP contribution in [0.3, 0.4) is 0 Å². The minimum Gasteiger partial charge on any atom is -0.326 e. The number of aryl methyl sites for hydroxylation is 1. The van der Waals surface area contributed by atoms with Crippen LogP contribution in [0.1, 0.15) is 37.3 Å². The predicted octanol–water partition coefficient (Wildman–Crippen LogP) is 2.13. The normalized spacial score (nSPS) is 26.2. The van der Waals surface area contributed by atoms with E-state index in [0.29, 0.717) is 36.4 Å². The van der Waals surface area contributed by atoms with Gasteiger partial charge in [-0.3, -0.25) is 0 Å². The average molecular weight is 308 g/mol. The van der Waals surface area contributed by atoms with E-state index < -0.39 is 10.0 Å². The molecule has 1 saturated carbocycles. The number of sulfonamides is 1. The number of nitrogens with zero attached hydrogens (tertiary/aromatic N) is 1. The highest BCUT2D eigenvalue weighted by molar-refractivity contribution is 7.89. The zero-order valence-corrected chi connectivity index (χ0v) is 13.4. The van der Waals surface area contributed by atoms with Gasteiger partial charge in [-0.1, -0.05) is 19.4 Å². The van der Waals surface area contributed by atoms with Crippen LogP contribution in [0.15, 0.2) is 23.1 Å². The van der Waals surface area contributed by atoms with Crippen LogP contribution in [0.25, 0.3) is 0 Å². The van der Waals surface area contributed by atoms with Gasteiger partial charge in [0.1, 0.15) is 0 Å². The fourth-order valence-electron chi connectivity index (χ4n) is 3.84. The maximum Gasteiger partial charge on any atom is 0.243 e. The molecule has 1 saturated heterocycles. The van der Waals surface area contributed by atoms with Crippen molar-refractivity contribution in [2.75, 3.05) is 13.1 Å². The third-order valence-electron chi connectivity index (χ3n) is 5.11. The highest BCUT2D eigenvalue weighted by Crippen LogP contribution is 2.39. The molecule has 0 bridgehead atoms. The number of rotatable bonds is 4. The molecule has 2 aliphatic rings. The molecular formula is C16H24N2O2S. The predicted molar refractivity (Wildman–Crippen MR) is 83.3 cm³/mol. The molecule has 2 N–H and O–H groups in total. The summed E-state index contributed by atoms with van der Waals surface area (Å²) in [6.07, 6.45) is 4.49. The van der Waals surface area contributed by atoms with Crippen molar-refractivity contribution < 1.29 is 8.42 Å². The monoisotopic (exact) mass is 308 g/mol. The Labute approximate surface area is 127 Å². The van der Waals surface area contributed by atoms with E-state index in [-0.39, 0.29) is 0 Å². The van der Waals surface area contributed by atoms with Crippen LogP contribution in [-0.4, -0.2) is 25.8 Å². The van der Waals surface area contributed by atoms with Gasteiger partial charge < -0.3 is 5.73 Å². The summed E-state index contributed by atoms with van der Waals surface area (Å²) in [5.41, 5.74) is 7.83.